The molecular formula is C23H26N2O2. The molecule has 0 radical (unpaired) electrons. The van der Waals surface area contributed by atoms with E-state index in [1.54, 1.807) is 0 Å². The number of hydrogen-bond donors (Lipinski definition) is 0. The predicted molar refractivity (Wildman–Crippen MR) is 106 cm³/mol. The molecule has 0 spiro atoms. The number of likely N-dealkylation sites (tertiary alicyclic amines) is 1. The zero-order valence-electron chi connectivity index (χ0n) is 15.9. The highest BCUT2D eigenvalue weighted by Crippen LogP contribution is 2.31. The van der Waals surface area contributed by atoms with Crippen LogP contribution in [0.5, 0.6) is 5.75 Å². The largest absolute Gasteiger partial charge is 0.493 e. The van der Waals surface area contributed by atoms with Crippen molar-refractivity contribution in [3.8, 4) is 16.9 Å². The zero-order chi connectivity index (χ0) is 18.4. The van der Waals surface area contributed by atoms with Gasteiger partial charge in [-0.25, -0.2) is 0 Å². The summed E-state index contributed by atoms with van der Waals surface area (Å²) in [7, 11) is 2.22. The third-order valence-corrected chi connectivity index (χ3v) is 6.59. The molecular weight excluding hydrogens is 336 g/mol. The molecule has 3 heterocycles. The second-order valence-electron chi connectivity index (χ2n) is 8.09. The molecule has 3 aliphatic rings. The Labute approximate surface area is 160 Å². The van der Waals surface area contributed by atoms with E-state index in [0.29, 0.717) is 12.1 Å². The second-order valence-corrected chi connectivity index (χ2v) is 8.09. The van der Waals surface area contributed by atoms with Gasteiger partial charge in [-0.2, -0.15) is 0 Å². The molecule has 3 aliphatic heterocycles. The van der Waals surface area contributed by atoms with Crippen molar-refractivity contribution < 1.29 is 9.53 Å². The Bertz CT molecular complexity index is 861. The highest BCUT2D eigenvalue weighted by Gasteiger charge is 2.36. The lowest BCUT2D eigenvalue weighted by Crippen LogP contribution is -2.39. The summed E-state index contributed by atoms with van der Waals surface area (Å²) in [6.45, 7) is 2.51. The van der Waals surface area contributed by atoms with Crippen LogP contribution in [0.15, 0.2) is 42.5 Å². The first-order valence-corrected chi connectivity index (χ1v) is 10.1. The average Bonchev–Trinajstić information content (AvgIpc) is 3.25. The Balaban J connectivity index is 1.33. The van der Waals surface area contributed by atoms with Crippen LogP contribution < -0.4 is 4.74 Å². The zero-order valence-corrected chi connectivity index (χ0v) is 15.9. The van der Waals surface area contributed by atoms with E-state index in [-0.39, 0.29) is 5.91 Å². The fraction of sp³-hybridized carbons (Fsp3) is 0.435. The number of ether oxygens (including phenoxy) is 1. The van der Waals surface area contributed by atoms with Crippen LogP contribution in [-0.2, 0) is 6.42 Å². The maximum Gasteiger partial charge on any atom is 0.253 e. The lowest BCUT2D eigenvalue weighted by Gasteiger charge is -2.26. The van der Waals surface area contributed by atoms with Crippen molar-refractivity contribution in [1.82, 2.24) is 9.80 Å². The van der Waals surface area contributed by atoms with E-state index >= 15 is 0 Å². The summed E-state index contributed by atoms with van der Waals surface area (Å²) in [5.41, 5.74) is 4.41. The quantitative estimate of drug-likeness (QED) is 0.818. The van der Waals surface area contributed by atoms with Gasteiger partial charge in [0, 0.05) is 37.2 Å². The summed E-state index contributed by atoms with van der Waals surface area (Å²) in [5.74, 6) is 1.18. The van der Waals surface area contributed by atoms with Crippen molar-refractivity contribution in [3.63, 3.8) is 0 Å². The number of amides is 1. The fourth-order valence-corrected chi connectivity index (χ4v) is 4.85. The summed E-state index contributed by atoms with van der Waals surface area (Å²) in [5, 5.41) is 0. The number of benzene rings is 2. The molecule has 2 aromatic carbocycles. The van der Waals surface area contributed by atoms with Gasteiger partial charge in [0.1, 0.15) is 5.75 Å². The van der Waals surface area contributed by atoms with Crippen molar-refractivity contribution in [1.29, 1.82) is 0 Å². The normalized spacial score (nSPS) is 24.4. The average molecular weight is 362 g/mol. The molecule has 2 atom stereocenters. The smallest absolute Gasteiger partial charge is 0.253 e. The highest BCUT2D eigenvalue weighted by molar-refractivity contribution is 5.94. The van der Waals surface area contributed by atoms with E-state index in [1.807, 2.05) is 12.1 Å². The van der Waals surface area contributed by atoms with Gasteiger partial charge in [-0.15, -0.1) is 0 Å². The molecule has 27 heavy (non-hydrogen) atoms. The van der Waals surface area contributed by atoms with E-state index in [2.05, 4.69) is 47.2 Å². The van der Waals surface area contributed by atoms with Crippen LogP contribution in [0.1, 0.15) is 35.2 Å². The molecule has 2 bridgehead atoms. The van der Waals surface area contributed by atoms with Gasteiger partial charge >= 0.3 is 0 Å². The summed E-state index contributed by atoms with van der Waals surface area (Å²) in [4.78, 5) is 17.6. The third-order valence-electron chi connectivity index (χ3n) is 6.59. The first kappa shape index (κ1) is 16.8. The van der Waals surface area contributed by atoms with Gasteiger partial charge in [-0.3, -0.25) is 9.69 Å². The van der Waals surface area contributed by atoms with Gasteiger partial charge in [0.2, 0.25) is 0 Å². The van der Waals surface area contributed by atoms with Crippen LogP contribution in [-0.4, -0.2) is 54.5 Å². The van der Waals surface area contributed by atoms with Crippen LogP contribution in [0.25, 0.3) is 11.1 Å². The fourth-order valence-electron chi connectivity index (χ4n) is 4.85. The minimum absolute atomic E-state index is 0.171. The van der Waals surface area contributed by atoms with Crippen LogP contribution in [0.3, 0.4) is 0 Å². The Morgan fingerprint density at radius 2 is 1.78 bits per heavy atom. The van der Waals surface area contributed by atoms with Gasteiger partial charge in [-0.05, 0) is 67.3 Å². The lowest BCUT2D eigenvalue weighted by molar-refractivity contribution is 0.0740. The topological polar surface area (TPSA) is 32.8 Å². The number of hydrogen-bond acceptors (Lipinski definition) is 3. The molecule has 0 aliphatic carbocycles. The number of rotatable bonds is 2. The van der Waals surface area contributed by atoms with Gasteiger partial charge in [-0.1, -0.05) is 18.2 Å². The number of nitrogens with zero attached hydrogens (tertiary/aromatic N) is 2. The van der Waals surface area contributed by atoms with Crippen molar-refractivity contribution in [2.45, 2.75) is 37.8 Å². The second kappa shape index (κ2) is 6.68. The van der Waals surface area contributed by atoms with Crippen molar-refractivity contribution in [3.05, 3.63) is 53.6 Å². The molecule has 2 fully saturated rings. The van der Waals surface area contributed by atoms with E-state index in [4.69, 9.17) is 4.74 Å². The molecule has 5 rings (SSSR count). The molecule has 1 amide bonds. The number of fused-ring (bicyclic) bond motifs is 3. The SMILES string of the molecule is CN1[C@H]2CC[C@@H]1CN(C(=O)c1ccc(-c3ccc4c(c3)CCO4)cc1)CC2. The molecule has 4 nitrogen and oxygen atoms in total. The first-order valence-electron chi connectivity index (χ1n) is 10.1. The van der Waals surface area contributed by atoms with E-state index < -0.39 is 0 Å². The molecule has 0 saturated carbocycles. The van der Waals surface area contributed by atoms with E-state index in [9.17, 15) is 4.79 Å². The molecule has 2 aromatic rings. The highest BCUT2D eigenvalue weighted by atomic mass is 16.5. The summed E-state index contributed by atoms with van der Waals surface area (Å²) >= 11 is 0. The minimum atomic E-state index is 0.171. The van der Waals surface area contributed by atoms with Crippen molar-refractivity contribution >= 4 is 5.91 Å². The van der Waals surface area contributed by atoms with Crippen LogP contribution >= 0.6 is 0 Å². The van der Waals surface area contributed by atoms with Crippen molar-refractivity contribution in [2.24, 2.45) is 0 Å². The van der Waals surface area contributed by atoms with Gasteiger partial charge < -0.3 is 9.64 Å². The maximum atomic E-state index is 13.0. The monoisotopic (exact) mass is 362 g/mol. The third kappa shape index (κ3) is 3.02. The summed E-state index contributed by atoms with van der Waals surface area (Å²) in [6.07, 6.45) is 4.56. The number of carbonyl (C=O) groups is 1. The molecule has 4 heteroatoms. The van der Waals surface area contributed by atoms with E-state index in [1.165, 1.54) is 24.0 Å². The van der Waals surface area contributed by atoms with Crippen LogP contribution in [0.2, 0.25) is 0 Å². The number of likely N-dealkylation sites (N-methyl/N-ethyl adjacent to an activating group) is 1. The Morgan fingerprint density at radius 1 is 1.00 bits per heavy atom. The van der Waals surface area contributed by atoms with Crippen LogP contribution in [0.4, 0.5) is 0 Å². The molecule has 0 aromatic heterocycles. The maximum absolute atomic E-state index is 13.0. The predicted octanol–water partition coefficient (Wildman–Crippen LogP) is 3.60. The molecule has 0 unspecified atom stereocenters. The van der Waals surface area contributed by atoms with Gasteiger partial charge in [0.15, 0.2) is 0 Å². The van der Waals surface area contributed by atoms with Crippen LogP contribution in [0, 0.1) is 0 Å². The lowest BCUT2D eigenvalue weighted by atomic mass is 10.0. The standard InChI is InChI=1S/C23H26N2O2/c1-24-20-7-8-21(24)15-25(12-10-20)23(26)17-4-2-16(3-5-17)18-6-9-22-19(14-18)11-13-27-22/h2-6,9,14,20-21H,7-8,10-13,15H2,1H3/t20-,21+/m0/s1. The molecule has 2 saturated heterocycles. The molecule has 0 N–H and O–H groups in total. The Morgan fingerprint density at radius 3 is 2.63 bits per heavy atom. The van der Waals surface area contributed by atoms with Gasteiger partial charge in [0.25, 0.3) is 5.91 Å². The first-order chi connectivity index (χ1) is 13.2. The Kier molecular flexibility index (Phi) is 4.16. The molecule has 140 valence electrons. The minimum Gasteiger partial charge on any atom is -0.493 e. The Hall–Kier alpha value is -2.33. The number of carbonyl (C=O) groups excluding carboxylic acids is 1. The van der Waals surface area contributed by atoms with E-state index in [0.717, 1.165) is 49.4 Å². The van der Waals surface area contributed by atoms with Gasteiger partial charge in [0.05, 0.1) is 6.61 Å². The van der Waals surface area contributed by atoms with Crippen molar-refractivity contribution in [2.75, 3.05) is 26.7 Å². The summed E-state index contributed by atoms with van der Waals surface area (Å²) in [6, 6.07) is 15.6. The summed E-state index contributed by atoms with van der Waals surface area (Å²) < 4.78 is 5.59.